The number of benzene rings is 3. The Morgan fingerprint density at radius 2 is 1.36 bits per heavy atom. The Kier molecular flexibility index (Phi) is 6.34. The molecule has 0 unspecified atom stereocenters. The van der Waals surface area contributed by atoms with Gasteiger partial charge in [-0.15, -0.1) is 0 Å². The Morgan fingerprint density at radius 3 is 1.81 bits per heavy atom. The molecule has 0 bridgehead atoms. The maximum Gasteiger partial charge on any atom is 0.288 e. The molecule has 0 amide bonds. The van der Waals surface area contributed by atoms with Crippen LogP contribution in [0, 0.1) is 20.2 Å². The molecule has 36 heavy (non-hydrogen) atoms. The van der Waals surface area contributed by atoms with Gasteiger partial charge in [-0.2, -0.15) is 0 Å². The number of nitro groups is 2. The van der Waals surface area contributed by atoms with Crippen molar-refractivity contribution in [1.82, 2.24) is 4.98 Å². The smallest absolute Gasteiger partial charge is 0.288 e. The predicted octanol–water partition coefficient (Wildman–Crippen LogP) is 7.55. The van der Waals surface area contributed by atoms with E-state index in [2.05, 4.69) is 9.88 Å². The fourth-order valence-electron chi connectivity index (χ4n) is 4.72. The fourth-order valence-corrected chi connectivity index (χ4v) is 5.09. The summed E-state index contributed by atoms with van der Waals surface area (Å²) < 4.78 is 5.38. The first-order valence-corrected chi connectivity index (χ1v) is 11.7. The van der Waals surface area contributed by atoms with Gasteiger partial charge in [-0.3, -0.25) is 20.2 Å². The highest BCUT2D eigenvalue weighted by molar-refractivity contribution is 6.33. The number of nitrogens with zero attached hydrogens (tertiary/aromatic N) is 4. The van der Waals surface area contributed by atoms with Crippen molar-refractivity contribution in [3.05, 3.63) is 115 Å². The first-order valence-electron chi connectivity index (χ1n) is 11.0. The van der Waals surface area contributed by atoms with Crippen molar-refractivity contribution in [3.63, 3.8) is 0 Å². The molecule has 9 nitrogen and oxygen atoms in total. The zero-order chi connectivity index (χ0) is 25.4. The second-order valence-corrected chi connectivity index (χ2v) is 9.15. The SMILES string of the molecule is O=[N+]([O-])c1cc([C@H]2CC[C@H](c3ccc(Cl)c([N+](=O)[O-])c3)N2c2ccc(-c3ncco3)cc2)ccc1Cl. The maximum absolute atomic E-state index is 11.5. The van der Waals surface area contributed by atoms with Crippen LogP contribution in [-0.2, 0) is 0 Å². The van der Waals surface area contributed by atoms with Crippen LogP contribution in [-0.4, -0.2) is 14.8 Å². The Hall–Kier alpha value is -3.95. The van der Waals surface area contributed by atoms with Crippen molar-refractivity contribution in [1.29, 1.82) is 0 Å². The molecule has 2 atom stereocenters. The molecule has 1 aromatic heterocycles. The third-order valence-corrected chi connectivity index (χ3v) is 6.97. The van der Waals surface area contributed by atoms with Crippen LogP contribution < -0.4 is 4.90 Å². The average molecular weight is 525 g/mol. The van der Waals surface area contributed by atoms with Crippen molar-refractivity contribution in [2.24, 2.45) is 0 Å². The standard InChI is InChI=1S/C25H18Cl2N4O5/c26-19-7-3-16(13-23(19)30(32)33)21-9-10-22(17-4-8-20(27)24(14-17)31(34)35)29(21)18-5-1-15(2-6-18)25-28-11-12-36-25/h1-8,11-14,21-22H,9-10H2/t21-,22-/m1/s1. The molecule has 182 valence electrons. The van der Waals surface area contributed by atoms with Gasteiger partial charge >= 0.3 is 0 Å². The number of hydrogen-bond acceptors (Lipinski definition) is 7. The van der Waals surface area contributed by atoms with Gasteiger partial charge in [0.15, 0.2) is 0 Å². The first-order chi connectivity index (χ1) is 17.3. The molecule has 11 heteroatoms. The average Bonchev–Trinajstić information content (AvgIpc) is 3.55. The van der Waals surface area contributed by atoms with E-state index < -0.39 is 9.85 Å². The third kappa shape index (κ3) is 4.38. The van der Waals surface area contributed by atoms with Gasteiger partial charge in [-0.1, -0.05) is 35.3 Å². The molecule has 0 spiro atoms. The van der Waals surface area contributed by atoms with Gasteiger partial charge in [0.1, 0.15) is 16.3 Å². The van der Waals surface area contributed by atoms with E-state index in [0.717, 1.165) is 22.4 Å². The molecule has 0 saturated carbocycles. The molecule has 0 radical (unpaired) electrons. The van der Waals surface area contributed by atoms with Crippen molar-refractivity contribution < 1.29 is 14.3 Å². The van der Waals surface area contributed by atoms with Crippen LogP contribution in [0.2, 0.25) is 10.0 Å². The minimum absolute atomic E-state index is 0.0634. The molecule has 2 heterocycles. The van der Waals surface area contributed by atoms with Gasteiger partial charge in [-0.25, -0.2) is 4.98 Å². The second kappa shape index (κ2) is 9.60. The lowest BCUT2D eigenvalue weighted by Crippen LogP contribution is -2.26. The molecular formula is C25H18Cl2N4O5. The van der Waals surface area contributed by atoms with Crippen LogP contribution in [0.5, 0.6) is 0 Å². The van der Waals surface area contributed by atoms with Gasteiger partial charge < -0.3 is 9.32 Å². The van der Waals surface area contributed by atoms with Gasteiger partial charge in [0.05, 0.1) is 28.1 Å². The quantitative estimate of drug-likeness (QED) is 0.189. The van der Waals surface area contributed by atoms with Crippen LogP contribution >= 0.6 is 23.2 Å². The first kappa shape index (κ1) is 23.8. The minimum Gasteiger partial charge on any atom is -0.445 e. The molecular weight excluding hydrogens is 507 g/mol. The van der Waals surface area contributed by atoms with Gasteiger partial charge in [-0.05, 0) is 60.4 Å². The van der Waals surface area contributed by atoms with E-state index in [-0.39, 0.29) is 33.5 Å². The lowest BCUT2D eigenvalue weighted by molar-refractivity contribution is -0.384. The van der Waals surface area contributed by atoms with Gasteiger partial charge in [0.2, 0.25) is 5.89 Å². The lowest BCUT2D eigenvalue weighted by atomic mass is 10.0. The van der Waals surface area contributed by atoms with E-state index in [1.54, 1.807) is 18.3 Å². The zero-order valence-corrected chi connectivity index (χ0v) is 20.1. The van der Waals surface area contributed by atoms with E-state index >= 15 is 0 Å². The Morgan fingerprint density at radius 1 is 0.833 bits per heavy atom. The Balaban J connectivity index is 1.59. The van der Waals surface area contributed by atoms with E-state index in [0.29, 0.717) is 18.7 Å². The molecule has 1 aliphatic rings. The van der Waals surface area contributed by atoms with Crippen LogP contribution in [0.1, 0.15) is 36.1 Å². The molecule has 1 saturated heterocycles. The highest BCUT2D eigenvalue weighted by atomic mass is 35.5. The van der Waals surface area contributed by atoms with Gasteiger partial charge in [0, 0.05) is 23.4 Å². The summed E-state index contributed by atoms with van der Waals surface area (Å²) >= 11 is 12.1. The van der Waals surface area contributed by atoms with Crippen LogP contribution in [0.4, 0.5) is 17.1 Å². The molecule has 1 aliphatic heterocycles. The topological polar surface area (TPSA) is 116 Å². The van der Waals surface area contributed by atoms with Crippen molar-refractivity contribution >= 4 is 40.3 Å². The highest BCUT2D eigenvalue weighted by Gasteiger charge is 2.37. The lowest BCUT2D eigenvalue weighted by Gasteiger charge is -2.33. The van der Waals surface area contributed by atoms with E-state index in [4.69, 9.17) is 27.6 Å². The normalized spacial score (nSPS) is 17.3. The molecule has 5 rings (SSSR count). The van der Waals surface area contributed by atoms with Crippen molar-refractivity contribution in [2.45, 2.75) is 24.9 Å². The number of aromatic nitrogens is 1. The number of rotatable bonds is 6. The van der Waals surface area contributed by atoms with E-state index in [1.165, 1.54) is 30.5 Å². The number of nitro benzene ring substituents is 2. The van der Waals surface area contributed by atoms with Crippen LogP contribution in [0.25, 0.3) is 11.5 Å². The van der Waals surface area contributed by atoms with Crippen molar-refractivity contribution in [3.8, 4) is 11.5 Å². The number of anilines is 1. The summed E-state index contributed by atoms with van der Waals surface area (Å²) in [7, 11) is 0. The molecule has 0 aliphatic carbocycles. The predicted molar refractivity (Wildman–Crippen MR) is 135 cm³/mol. The summed E-state index contributed by atoms with van der Waals surface area (Å²) in [6, 6.07) is 16.7. The van der Waals surface area contributed by atoms with E-state index in [1.807, 2.05) is 24.3 Å². The monoisotopic (exact) mass is 524 g/mol. The third-order valence-electron chi connectivity index (χ3n) is 6.33. The summed E-state index contributed by atoms with van der Waals surface area (Å²) in [4.78, 5) is 28.3. The minimum atomic E-state index is -0.504. The zero-order valence-electron chi connectivity index (χ0n) is 18.6. The maximum atomic E-state index is 11.5. The summed E-state index contributed by atoms with van der Waals surface area (Å²) in [5.41, 5.74) is 2.76. The van der Waals surface area contributed by atoms with Crippen LogP contribution in [0.15, 0.2) is 77.5 Å². The molecule has 1 fully saturated rings. The Labute approximate surface area is 215 Å². The number of oxazole rings is 1. The van der Waals surface area contributed by atoms with Gasteiger partial charge in [0.25, 0.3) is 11.4 Å². The van der Waals surface area contributed by atoms with Crippen LogP contribution in [0.3, 0.4) is 0 Å². The molecule has 0 N–H and O–H groups in total. The highest BCUT2D eigenvalue weighted by Crippen LogP contribution is 2.48. The Bertz CT molecular complexity index is 1370. The summed E-state index contributed by atoms with van der Waals surface area (Å²) in [5, 5.41) is 23.2. The number of hydrogen-bond donors (Lipinski definition) is 0. The second-order valence-electron chi connectivity index (χ2n) is 8.34. The molecule has 4 aromatic rings. The van der Waals surface area contributed by atoms with Crippen molar-refractivity contribution in [2.75, 3.05) is 4.90 Å². The molecule has 3 aromatic carbocycles. The summed E-state index contributed by atoms with van der Waals surface area (Å²) in [5.74, 6) is 0.484. The summed E-state index contributed by atoms with van der Waals surface area (Å²) in [6.45, 7) is 0. The number of halogens is 2. The summed E-state index contributed by atoms with van der Waals surface area (Å²) in [6.07, 6.45) is 4.40. The van der Waals surface area contributed by atoms with E-state index in [9.17, 15) is 20.2 Å². The largest absolute Gasteiger partial charge is 0.445 e. The fraction of sp³-hybridized carbons (Fsp3) is 0.160.